The number of piperidine rings is 1. The van der Waals surface area contributed by atoms with Crippen molar-refractivity contribution in [3.05, 3.63) is 41.3 Å². The quantitative estimate of drug-likeness (QED) is 0.721. The SMILES string of the molecule is Cc1ncccc1C(=O)N1CCC([C@@H]2C[C@H](C(F)(F)F)n3nc(C(C)(C)C)cc3N2)CC1. The molecule has 0 radical (unpaired) electrons. The zero-order valence-electron chi connectivity index (χ0n) is 18.9. The fourth-order valence-corrected chi connectivity index (χ4v) is 4.66. The average molecular weight is 450 g/mol. The number of anilines is 1. The average Bonchev–Trinajstić information content (AvgIpc) is 3.17. The maximum Gasteiger partial charge on any atom is 0.410 e. The number of hydrogen-bond acceptors (Lipinski definition) is 4. The van der Waals surface area contributed by atoms with Crippen LogP contribution in [0.3, 0.4) is 0 Å². The molecule has 1 saturated heterocycles. The third kappa shape index (κ3) is 4.34. The highest BCUT2D eigenvalue weighted by atomic mass is 19.4. The smallest absolute Gasteiger partial charge is 0.367 e. The molecule has 1 amide bonds. The van der Waals surface area contributed by atoms with Crippen LogP contribution in [0.1, 0.15) is 67.8 Å². The van der Waals surface area contributed by atoms with E-state index in [1.54, 1.807) is 36.2 Å². The van der Waals surface area contributed by atoms with Crippen molar-refractivity contribution in [2.75, 3.05) is 18.4 Å². The van der Waals surface area contributed by atoms with Gasteiger partial charge in [0.1, 0.15) is 5.82 Å². The van der Waals surface area contributed by atoms with Gasteiger partial charge in [0.25, 0.3) is 5.91 Å². The Bertz CT molecular complexity index is 986. The first kappa shape index (κ1) is 22.6. The lowest BCUT2D eigenvalue weighted by molar-refractivity contribution is -0.174. The van der Waals surface area contributed by atoms with Crippen molar-refractivity contribution in [3.63, 3.8) is 0 Å². The van der Waals surface area contributed by atoms with Crippen LogP contribution >= 0.6 is 0 Å². The van der Waals surface area contributed by atoms with Gasteiger partial charge >= 0.3 is 6.18 Å². The number of fused-ring (bicyclic) bond motifs is 1. The van der Waals surface area contributed by atoms with E-state index in [1.807, 2.05) is 20.8 Å². The Morgan fingerprint density at radius 1 is 1.19 bits per heavy atom. The molecule has 6 nitrogen and oxygen atoms in total. The number of amides is 1. The molecule has 0 bridgehead atoms. The summed E-state index contributed by atoms with van der Waals surface area (Å²) in [5, 5.41) is 7.64. The van der Waals surface area contributed by atoms with Crippen molar-refractivity contribution in [1.82, 2.24) is 19.7 Å². The van der Waals surface area contributed by atoms with Gasteiger partial charge in [-0.25, -0.2) is 4.68 Å². The number of likely N-dealkylation sites (tertiary alicyclic amines) is 1. The van der Waals surface area contributed by atoms with Gasteiger partial charge in [0.2, 0.25) is 0 Å². The van der Waals surface area contributed by atoms with E-state index >= 15 is 0 Å². The topological polar surface area (TPSA) is 63.1 Å². The Hall–Kier alpha value is -2.58. The van der Waals surface area contributed by atoms with Crippen molar-refractivity contribution in [1.29, 1.82) is 0 Å². The Kier molecular flexibility index (Phi) is 5.71. The van der Waals surface area contributed by atoms with Crippen LogP contribution in [-0.2, 0) is 5.41 Å². The molecule has 2 aromatic rings. The first-order chi connectivity index (χ1) is 14.9. The highest BCUT2D eigenvalue weighted by Crippen LogP contribution is 2.43. The van der Waals surface area contributed by atoms with Gasteiger partial charge in [0.05, 0.1) is 11.3 Å². The molecule has 0 aliphatic carbocycles. The molecule has 2 atom stereocenters. The molecule has 0 unspecified atom stereocenters. The normalized spacial score (nSPS) is 22.4. The van der Waals surface area contributed by atoms with Gasteiger partial charge in [-0.15, -0.1) is 0 Å². The van der Waals surface area contributed by atoms with Crippen molar-refractivity contribution in [3.8, 4) is 0 Å². The summed E-state index contributed by atoms with van der Waals surface area (Å²) in [4.78, 5) is 18.8. The predicted octanol–water partition coefficient (Wildman–Crippen LogP) is 4.72. The summed E-state index contributed by atoms with van der Waals surface area (Å²) in [6.45, 7) is 8.69. The first-order valence-corrected chi connectivity index (χ1v) is 11.1. The number of carbonyl (C=O) groups is 1. The molecule has 32 heavy (non-hydrogen) atoms. The third-order valence-electron chi connectivity index (χ3n) is 6.62. The fraction of sp³-hybridized carbons (Fsp3) is 0.609. The van der Waals surface area contributed by atoms with Gasteiger partial charge in [-0.1, -0.05) is 20.8 Å². The second kappa shape index (κ2) is 8.08. The molecule has 4 rings (SSSR count). The second-order valence-corrected chi connectivity index (χ2v) is 9.92. The summed E-state index contributed by atoms with van der Waals surface area (Å²) in [5.41, 5.74) is 1.57. The number of halogens is 3. The molecule has 4 heterocycles. The Labute approximate surface area is 186 Å². The van der Waals surface area contributed by atoms with Crippen molar-refractivity contribution >= 4 is 11.7 Å². The van der Waals surface area contributed by atoms with E-state index < -0.39 is 12.2 Å². The van der Waals surface area contributed by atoms with Gasteiger partial charge < -0.3 is 10.2 Å². The van der Waals surface area contributed by atoms with E-state index in [-0.39, 0.29) is 29.7 Å². The number of nitrogens with zero attached hydrogens (tertiary/aromatic N) is 4. The standard InChI is InChI=1S/C23H30F3N5O/c1-14-16(6-5-9-27-14)21(32)30-10-7-15(8-11-30)17-12-19(23(24,25)26)31-20(28-17)13-18(29-31)22(2,3)4/h5-6,9,13,15,17,19,28H,7-8,10-12H2,1-4H3/t17-,19+/m0/s1. The monoisotopic (exact) mass is 449 g/mol. The molecule has 2 aliphatic rings. The maximum absolute atomic E-state index is 13.9. The lowest BCUT2D eigenvalue weighted by atomic mass is 9.84. The van der Waals surface area contributed by atoms with E-state index in [4.69, 9.17) is 0 Å². The number of hydrogen-bond donors (Lipinski definition) is 1. The highest BCUT2D eigenvalue weighted by molar-refractivity contribution is 5.95. The Balaban J connectivity index is 1.49. The molecule has 174 valence electrons. The van der Waals surface area contributed by atoms with E-state index in [0.29, 0.717) is 48.7 Å². The zero-order chi connectivity index (χ0) is 23.3. The van der Waals surface area contributed by atoms with Gasteiger partial charge in [0.15, 0.2) is 6.04 Å². The number of pyridine rings is 1. The maximum atomic E-state index is 13.9. The zero-order valence-corrected chi connectivity index (χ0v) is 18.9. The minimum atomic E-state index is -4.37. The van der Waals surface area contributed by atoms with Gasteiger partial charge in [-0.2, -0.15) is 18.3 Å². The fourth-order valence-electron chi connectivity index (χ4n) is 4.66. The number of rotatable bonds is 2. The number of aromatic nitrogens is 3. The van der Waals surface area contributed by atoms with Crippen LogP contribution in [0, 0.1) is 12.8 Å². The van der Waals surface area contributed by atoms with Crippen LogP contribution in [0.25, 0.3) is 0 Å². The number of alkyl halides is 3. The van der Waals surface area contributed by atoms with Crippen LogP contribution in [-0.4, -0.2) is 50.9 Å². The molecule has 2 aromatic heterocycles. The third-order valence-corrected chi connectivity index (χ3v) is 6.62. The largest absolute Gasteiger partial charge is 0.410 e. The Morgan fingerprint density at radius 2 is 1.88 bits per heavy atom. The molecule has 2 aliphatic heterocycles. The number of aryl methyl sites for hydroxylation is 1. The summed E-state index contributed by atoms with van der Waals surface area (Å²) in [6, 6.07) is 3.30. The molecule has 0 spiro atoms. The van der Waals surface area contributed by atoms with Crippen LogP contribution in [0.5, 0.6) is 0 Å². The Morgan fingerprint density at radius 3 is 2.47 bits per heavy atom. The van der Waals surface area contributed by atoms with Crippen LogP contribution in [0.2, 0.25) is 0 Å². The summed E-state index contributed by atoms with van der Waals surface area (Å²) in [5.74, 6) is 0.422. The number of nitrogens with one attached hydrogen (secondary N) is 1. The van der Waals surface area contributed by atoms with Crippen LogP contribution in [0.15, 0.2) is 24.4 Å². The summed E-state index contributed by atoms with van der Waals surface area (Å²) in [6.07, 6.45) is -1.45. The van der Waals surface area contributed by atoms with E-state index in [9.17, 15) is 18.0 Å². The van der Waals surface area contributed by atoms with E-state index in [0.717, 1.165) is 4.68 Å². The van der Waals surface area contributed by atoms with Crippen molar-refractivity contribution in [2.45, 2.75) is 70.6 Å². The minimum Gasteiger partial charge on any atom is -0.367 e. The van der Waals surface area contributed by atoms with Crippen LogP contribution in [0.4, 0.5) is 19.0 Å². The van der Waals surface area contributed by atoms with Crippen molar-refractivity contribution in [2.24, 2.45) is 5.92 Å². The molecule has 1 N–H and O–H groups in total. The molecule has 1 fully saturated rings. The lowest BCUT2D eigenvalue weighted by Crippen LogP contribution is -2.47. The summed E-state index contributed by atoms with van der Waals surface area (Å²) in [7, 11) is 0. The first-order valence-electron chi connectivity index (χ1n) is 11.1. The minimum absolute atomic E-state index is 0.0535. The molecule has 0 saturated carbocycles. The van der Waals surface area contributed by atoms with E-state index in [1.165, 1.54) is 0 Å². The number of carbonyl (C=O) groups excluding carboxylic acids is 1. The van der Waals surface area contributed by atoms with Crippen LogP contribution < -0.4 is 5.32 Å². The molecule has 0 aromatic carbocycles. The molecule has 9 heteroatoms. The summed E-state index contributed by atoms with van der Waals surface area (Å²) < 4.78 is 42.8. The second-order valence-electron chi connectivity index (χ2n) is 9.92. The molecular formula is C23H30F3N5O. The van der Waals surface area contributed by atoms with Gasteiger partial charge in [-0.3, -0.25) is 9.78 Å². The van der Waals surface area contributed by atoms with Gasteiger partial charge in [0, 0.05) is 42.5 Å². The lowest BCUT2D eigenvalue weighted by Gasteiger charge is -2.41. The molecular weight excluding hydrogens is 419 g/mol. The predicted molar refractivity (Wildman–Crippen MR) is 116 cm³/mol. The summed E-state index contributed by atoms with van der Waals surface area (Å²) >= 11 is 0. The van der Waals surface area contributed by atoms with E-state index in [2.05, 4.69) is 15.4 Å². The van der Waals surface area contributed by atoms with Crippen molar-refractivity contribution < 1.29 is 18.0 Å². The highest BCUT2D eigenvalue weighted by Gasteiger charge is 2.48. The van der Waals surface area contributed by atoms with Gasteiger partial charge in [-0.05, 0) is 44.2 Å².